The summed E-state index contributed by atoms with van der Waals surface area (Å²) in [4.78, 5) is 12.4. The molecule has 0 radical (unpaired) electrons. The average Bonchev–Trinajstić information content (AvgIpc) is 2.76. The van der Waals surface area contributed by atoms with E-state index in [1.807, 2.05) is 31.2 Å². The zero-order chi connectivity index (χ0) is 19.9. The van der Waals surface area contributed by atoms with Crippen LogP contribution in [0.15, 0.2) is 28.7 Å². The van der Waals surface area contributed by atoms with Gasteiger partial charge in [0, 0.05) is 11.1 Å². The number of thioether (sulfide) groups is 1. The Bertz CT molecular complexity index is 786. The summed E-state index contributed by atoms with van der Waals surface area (Å²) in [6.07, 6.45) is 3.88. The number of amides is 1. The van der Waals surface area contributed by atoms with Gasteiger partial charge in [-0.1, -0.05) is 71.6 Å². The number of nitrogens with one attached hydrogen (secondary N) is 1. The fourth-order valence-electron chi connectivity index (χ4n) is 2.82. The maximum Gasteiger partial charge on any atom is 0.263 e. The van der Waals surface area contributed by atoms with Gasteiger partial charge in [0.2, 0.25) is 0 Å². The van der Waals surface area contributed by atoms with E-state index in [9.17, 15) is 9.90 Å². The smallest absolute Gasteiger partial charge is 0.263 e. The molecule has 0 atom stereocenters. The Balaban J connectivity index is 2.54. The number of rotatable bonds is 2. The Morgan fingerprint density at radius 1 is 1.12 bits per heavy atom. The molecule has 1 fully saturated rings. The number of benzene rings is 1. The van der Waals surface area contributed by atoms with Gasteiger partial charge in [-0.15, -0.1) is 0 Å². The first-order valence-corrected chi connectivity index (χ1v) is 9.82. The fourth-order valence-corrected chi connectivity index (χ4v) is 3.91. The molecular formula is C21H27NO2S2. The molecule has 1 aliphatic rings. The molecule has 5 heteroatoms. The number of hydrogen-bond acceptors (Lipinski definition) is 4. The highest BCUT2D eigenvalue weighted by atomic mass is 32.2. The number of carbonyl (C=O) groups is 1. The number of hydrogen-bond donors (Lipinski definition) is 2. The maximum atomic E-state index is 11.8. The van der Waals surface area contributed by atoms with Crippen LogP contribution in [0, 0.1) is 0 Å². The van der Waals surface area contributed by atoms with Gasteiger partial charge in [-0.2, -0.15) is 0 Å². The second-order valence-electron chi connectivity index (χ2n) is 8.71. The molecule has 2 rings (SSSR count). The van der Waals surface area contributed by atoms with Crippen LogP contribution < -0.4 is 5.32 Å². The monoisotopic (exact) mass is 389 g/mol. The molecular weight excluding hydrogens is 362 g/mol. The molecule has 3 nitrogen and oxygen atoms in total. The summed E-state index contributed by atoms with van der Waals surface area (Å²) in [6, 6.07) is 4.05. The van der Waals surface area contributed by atoms with Gasteiger partial charge in [-0.3, -0.25) is 4.79 Å². The molecule has 1 saturated heterocycles. The Morgan fingerprint density at radius 3 is 2.00 bits per heavy atom. The van der Waals surface area contributed by atoms with E-state index in [-0.39, 0.29) is 16.7 Å². The van der Waals surface area contributed by atoms with Crippen LogP contribution in [0.3, 0.4) is 0 Å². The highest BCUT2D eigenvalue weighted by Crippen LogP contribution is 2.40. The number of phenols is 1. The van der Waals surface area contributed by atoms with Crippen LogP contribution in [0.2, 0.25) is 0 Å². The lowest BCUT2D eigenvalue weighted by Gasteiger charge is -2.28. The molecule has 26 heavy (non-hydrogen) atoms. The van der Waals surface area contributed by atoms with Gasteiger partial charge >= 0.3 is 0 Å². The third kappa shape index (κ3) is 4.77. The first kappa shape index (κ1) is 20.7. The van der Waals surface area contributed by atoms with Crippen molar-refractivity contribution < 1.29 is 9.90 Å². The molecule has 0 aliphatic carbocycles. The van der Waals surface area contributed by atoms with Crippen LogP contribution in [0.5, 0.6) is 5.75 Å². The van der Waals surface area contributed by atoms with Crippen molar-refractivity contribution in [3.05, 3.63) is 45.4 Å². The van der Waals surface area contributed by atoms with Gasteiger partial charge in [-0.25, -0.2) is 0 Å². The summed E-state index contributed by atoms with van der Waals surface area (Å²) in [5, 5.41) is 13.4. The third-order valence-corrected chi connectivity index (χ3v) is 5.31. The standard InChI is InChI=1S/C21H27NO2S2/c1-12(9-16-18(24)22-19(25)26-16)8-13-10-14(20(2,3)4)17(23)15(11-13)21(5,6)7/h8-11,23H,1-7H3,(H,22,24,25). The highest BCUT2D eigenvalue weighted by Gasteiger charge is 2.26. The molecule has 1 aliphatic heterocycles. The zero-order valence-corrected chi connectivity index (χ0v) is 18.1. The molecule has 2 N–H and O–H groups in total. The number of carbonyl (C=O) groups excluding carboxylic acids is 1. The first-order valence-electron chi connectivity index (χ1n) is 8.60. The molecule has 1 amide bonds. The number of thiocarbonyl (C=S) groups is 1. The Morgan fingerprint density at radius 2 is 1.62 bits per heavy atom. The van der Waals surface area contributed by atoms with E-state index >= 15 is 0 Å². The van der Waals surface area contributed by atoms with Crippen LogP contribution in [0.1, 0.15) is 65.2 Å². The molecule has 1 aromatic carbocycles. The second-order valence-corrected chi connectivity index (χ2v) is 10.4. The van der Waals surface area contributed by atoms with Gasteiger partial charge in [0.05, 0.1) is 4.91 Å². The molecule has 0 bridgehead atoms. The Labute approximate surface area is 166 Å². The van der Waals surface area contributed by atoms with Crippen molar-refractivity contribution in [1.29, 1.82) is 0 Å². The SMILES string of the molecule is CC(=Cc1cc(C(C)(C)C)c(O)c(C(C)(C)C)c1)C=C1SC(=S)NC1=O. The van der Waals surface area contributed by atoms with Crippen LogP contribution in [-0.4, -0.2) is 15.3 Å². The van der Waals surface area contributed by atoms with Crippen molar-refractivity contribution in [2.45, 2.75) is 59.3 Å². The van der Waals surface area contributed by atoms with E-state index < -0.39 is 0 Å². The van der Waals surface area contributed by atoms with Crippen LogP contribution in [0.25, 0.3) is 6.08 Å². The summed E-state index contributed by atoms with van der Waals surface area (Å²) in [6.45, 7) is 14.5. The summed E-state index contributed by atoms with van der Waals surface area (Å²) >= 11 is 6.31. The van der Waals surface area contributed by atoms with E-state index in [0.29, 0.717) is 15.0 Å². The van der Waals surface area contributed by atoms with Gasteiger partial charge in [-0.05, 0) is 47.1 Å². The lowest BCUT2D eigenvalue weighted by atomic mass is 9.78. The molecule has 0 spiro atoms. The average molecular weight is 390 g/mol. The highest BCUT2D eigenvalue weighted by molar-refractivity contribution is 8.26. The summed E-state index contributed by atoms with van der Waals surface area (Å²) in [5.74, 6) is 0.221. The Kier molecular flexibility index (Phi) is 5.74. The summed E-state index contributed by atoms with van der Waals surface area (Å²) in [5.41, 5.74) is 3.47. The van der Waals surface area contributed by atoms with Gasteiger partial charge < -0.3 is 10.4 Å². The van der Waals surface area contributed by atoms with E-state index in [1.165, 1.54) is 11.8 Å². The van der Waals surface area contributed by atoms with E-state index in [4.69, 9.17) is 12.2 Å². The predicted octanol–water partition coefficient (Wildman–Crippen LogP) is 5.42. The number of aromatic hydroxyl groups is 1. The van der Waals surface area contributed by atoms with Gasteiger partial charge in [0.1, 0.15) is 10.1 Å². The second kappa shape index (κ2) is 7.20. The quantitative estimate of drug-likeness (QED) is 0.524. The lowest BCUT2D eigenvalue weighted by Crippen LogP contribution is -2.17. The zero-order valence-electron chi connectivity index (χ0n) is 16.5. The fraction of sp³-hybridized carbons (Fsp3) is 0.429. The van der Waals surface area contributed by atoms with Crippen LogP contribution in [-0.2, 0) is 15.6 Å². The van der Waals surface area contributed by atoms with Crippen molar-refractivity contribution in [3.63, 3.8) is 0 Å². The van der Waals surface area contributed by atoms with Crippen LogP contribution in [0.4, 0.5) is 0 Å². The molecule has 0 aromatic heterocycles. The van der Waals surface area contributed by atoms with Gasteiger partial charge in [0.15, 0.2) is 0 Å². The summed E-state index contributed by atoms with van der Waals surface area (Å²) in [7, 11) is 0. The number of allylic oxidation sites excluding steroid dienone is 2. The van der Waals surface area contributed by atoms with E-state index in [0.717, 1.165) is 22.3 Å². The predicted molar refractivity (Wildman–Crippen MR) is 116 cm³/mol. The minimum absolute atomic E-state index is 0.149. The van der Waals surface area contributed by atoms with Crippen molar-refractivity contribution in [3.8, 4) is 5.75 Å². The first-order chi connectivity index (χ1) is 11.8. The minimum Gasteiger partial charge on any atom is -0.507 e. The topological polar surface area (TPSA) is 49.3 Å². The molecule has 0 saturated carbocycles. The van der Waals surface area contributed by atoms with Crippen molar-refractivity contribution >= 4 is 40.3 Å². The van der Waals surface area contributed by atoms with Gasteiger partial charge in [0.25, 0.3) is 5.91 Å². The molecule has 0 unspecified atom stereocenters. The number of phenolic OH excluding ortho intramolecular Hbond substituents is 1. The third-order valence-electron chi connectivity index (χ3n) is 4.14. The normalized spacial score (nSPS) is 17.8. The molecule has 1 aromatic rings. The van der Waals surface area contributed by atoms with Crippen molar-refractivity contribution in [2.24, 2.45) is 0 Å². The lowest BCUT2D eigenvalue weighted by molar-refractivity contribution is -0.115. The summed E-state index contributed by atoms with van der Waals surface area (Å²) < 4.78 is 0.490. The Hall–Kier alpha value is -1.59. The largest absolute Gasteiger partial charge is 0.507 e. The van der Waals surface area contributed by atoms with E-state index in [1.54, 1.807) is 0 Å². The van der Waals surface area contributed by atoms with Crippen molar-refractivity contribution in [2.75, 3.05) is 0 Å². The van der Waals surface area contributed by atoms with E-state index in [2.05, 4.69) is 46.9 Å². The molecule has 1 heterocycles. The van der Waals surface area contributed by atoms with Crippen LogP contribution >= 0.6 is 24.0 Å². The maximum absolute atomic E-state index is 11.8. The van der Waals surface area contributed by atoms with Crippen molar-refractivity contribution in [1.82, 2.24) is 5.32 Å². The molecule has 140 valence electrons. The minimum atomic E-state index is -0.173.